The van der Waals surface area contributed by atoms with Crippen LogP contribution in [0.3, 0.4) is 0 Å². The predicted octanol–water partition coefficient (Wildman–Crippen LogP) is 4.09. The molecule has 20 heavy (non-hydrogen) atoms. The van der Waals surface area contributed by atoms with Crippen molar-refractivity contribution in [3.8, 4) is 0 Å². The van der Waals surface area contributed by atoms with Crippen LogP contribution in [0.5, 0.6) is 0 Å². The van der Waals surface area contributed by atoms with Crippen LogP contribution in [0.2, 0.25) is 10.0 Å². The molecular formula is C13H9Cl2NO3S. The van der Waals surface area contributed by atoms with Gasteiger partial charge < -0.3 is 10.1 Å². The first kappa shape index (κ1) is 14.8. The van der Waals surface area contributed by atoms with Gasteiger partial charge in [0, 0.05) is 15.6 Å². The zero-order chi connectivity index (χ0) is 14.7. The quantitative estimate of drug-likeness (QED) is 0.862. The molecule has 104 valence electrons. The normalized spacial score (nSPS) is 10.2. The van der Waals surface area contributed by atoms with E-state index in [1.54, 1.807) is 11.4 Å². The molecule has 0 atom stereocenters. The van der Waals surface area contributed by atoms with Crippen molar-refractivity contribution in [2.75, 3.05) is 12.4 Å². The van der Waals surface area contributed by atoms with E-state index in [2.05, 4.69) is 10.1 Å². The monoisotopic (exact) mass is 329 g/mol. The van der Waals surface area contributed by atoms with Crippen LogP contribution in [0.4, 0.5) is 5.00 Å². The van der Waals surface area contributed by atoms with E-state index >= 15 is 0 Å². The molecule has 2 rings (SSSR count). The number of hydrogen-bond acceptors (Lipinski definition) is 4. The van der Waals surface area contributed by atoms with E-state index in [-0.39, 0.29) is 0 Å². The molecule has 0 aliphatic rings. The van der Waals surface area contributed by atoms with E-state index in [9.17, 15) is 9.59 Å². The summed E-state index contributed by atoms with van der Waals surface area (Å²) < 4.78 is 4.63. The number of thiophene rings is 1. The zero-order valence-electron chi connectivity index (χ0n) is 10.3. The number of halogens is 2. The molecule has 7 heteroatoms. The van der Waals surface area contributed by atoms with Gasteiger partial charge in [0.15, 0.2) is 0 Å². The molecule has 1 aromatic carbocycles. The zero-order valence-corrected chi connectivity index (χ0v) is 12.6. The number of amides is 1. The molecule has 0 radical (unpaired) electrons. The lowest BCUT2D eigenvalue weighted by Crippen LogP contribution is -2.13. The fourth-order valence-corrected chi connectivity index (χ4v) is 2.83. The molecule has 0 aliphatic carbocycles. The number of esters is 1. The summed E-state index contributed by atoms with van der Waals surface area (Å²) in [5, 5.41) is 5.47. The number of anilines is 1. The molecule has 1 N–H and O–H groups in total. The Balaban J connectivity index is 2.24. The molecule has 4 nitrogen and oxygen atoms in total. The molecular weight excluding hydrogens is 321 g/mol. The van der Waals surface area contributed by atoms with Gasteiger partial charge in [0.25, 0.3) is 5.91 Å². The molecule has 0 aliphatic heterocycles. The number of rotatable bonds is 3. The Morgan fingerprint density at radius 3 is 2.45 bits per heavy atom. The van der Waals surface area contributed by atoms with Crippen LogP contribution in [-0.2, 0) is 4.74 Å². The highest BCUT2D eigenvalue weighted by Gasteiger charge is 2.16. The van der Waals surface area contributed by atoms with Crippen LogP contribution in [0.1, 0.15) is 20.7 Å². The van der Waals surface area contributed by atoms with Crippen molar-refractivity contribution in [3.63, 3.8) is 0 Å². The Morgan fingerprint density at radius 1 is 1.20 bits per heavy atom. The molecule has 1 heterocycles. The topological polar surface area (TPSA) is 55.4 Å². The van der Waals surface area contributed by atoms with Crippen molar-refractivity contribution in [1.29, 1.82) is 0 Å². The molecule has 0 unspecified atom stereocenters. The Kier molecular flexibility index (Phi) is 4.65. The third-order valence-electron chi connectivity index (χ3n) is 2.42. The summed E-state index contributed by atoms with van der Waals surface area (Å²) >= 11 is 12.9. The summed E-state index contributed by atoms with van der Waals surface area (Å²) in [5.74, 6) is -0.910. The minimum Gasteiger partial charge on any atom is -0.465 e. The number of benzene rings is 1. The second-order valence-electron chi connectivity index (χ2n) is 3.77. The molecule has 2 aromatic rings. The van der Waals surface area contributed by atoms with Gasteiger partial charge in [0.05, 0.1) is 12.7 Å². The molecule has 0 fully saturated rings. The summed E-state index contributed by atoms with van der Waals surface area (Å²) in [6.07, 6.45) is 0. The van der Waals surface area contributed by atoms with Crippen molar-refractivity contribution in [2.24, 2.45) is 0 Å². The van der Waals surface area contributed by atoms with E-state index in [1.165, 1.54) is 36.6 Å². The average molecular weight is 330 g/mol. The Hall–Kier alpha value is -1.56. The molecule has 0 saturated carbocycles. The Bertz CT molecular complexity index is 649. The highest BCUT2D eigenvalue weighted by Crippen LogP contribution is 2.25. The fourth-order valence-electron chi connectivity index (χ4n) is 1.54. The Labute approximate surface area is 129 Å². The maximum absolute atomic E-state index is 12.1. The highest BCUT2D eigenvalue weighted by molar-refractivity contribution is 7.14. The van der Waals surface area contributed by atoms with Gasteiger partial charge in [-0.1, -0.05) is 23.2 Å². The fraction of sp³-hybridized carbons (Fsp3) is 0.0769. The Morgan fingerprint density at radius 2 is 1.85 bits per heavy atom. The van der Waals surface area contributed by atoms with Crippen LogP contribution in [0.25, 0.3) is 0 Å². The molecule has 0 saturated heterocycles. The van der Waals surface area contributed by atoms with E-state index in [1.807, 2.05) is 0 Å². The number of nitrogens with one attached hydrogen (secondary N) is 1. The predicted molar refractivity (Wildman–Crippen MR) is 80.1 cm³/mol. The largest absolute Gasteiger partial charge is 0.465 e. The molecule has 0 bridgehead atoms. The first-order valence-corrected chi connectivity index (χ1v) is 7.08. The number of ether oxygens (including phenoxy) is 1. The summed E-state index contributed by atoms with van der Waals surface area (Å²) in [6.45, 7) is 0. The van der Waals surface area contributed by atoms with Crippen LogP contribution >= 0.6 is 34.5 Å². The lowest BCUT2D eigenvalue weighted by atomic mass is 10.2. The molecule has 1 aromatic heterocycles. The number of carbonyl (C=O) groups excluding carboxylic acids is 2. The van der Waals surface area contributed by atoms with E-state index in [0.717, 1.165) is 0 Å². The minimum absolute atomic E-state index is 0.305. The summed E-state index contributed by atoms with van der Waals surface area (Å²) in [4.78, 5) is 23.6. The lowest BCUT2D eigenvalue weighted by molar-refractivity contribution is 0.0602. The van der Waals surface area contributed by atoms with Crippen molar-refractivity contribution in [2.45, 2.75) is 0 Å². The number of methoxy groups -OCH3 is 1. The number of carbonyl (C=O) groups is 2. The SMILES string of the molecule is COC(=O)c1ccsc1NC(=O)c1cc(Cl)cc(Cl)c1. The standard InChI is InChI=1S/C13H9Cl2NO3S/c1-19-13(18)10-2-3-20-12(10)16-11(17)7-4-8(14)6-9(15)5-7/h2-6H,1H3,(H,16,17). The smallest absolute Gasteiger partial charge is 0.340 e. The molecule has 0 spiro atoms. The van der Waals surface area contributed by atoms with Crippen molar-refractivity contribution < 1.29 is 14.3 Å². The summed E-state index contributed by atoms with van der Waals surface area (Å²) in [6, 6.07) is 6.10. The van der Waals surface area contributed by atoms with Gasteiger partial charge in [-0.3, -0.25) is 4.79 Å². The second kappa shape index (κ2) is 6.26. The van der Waals surface area contributed by atoms with Crippen molar-refractivity contribution in [1.82, 2.24) is 0 Å². The van der Waals surface area contributed by atoms with E-state index < -0.39 is 11.9 Å². The van der Waals surface area contributed by atoms with Gasteiger partial charge in [-0.15, -0.1) is 11.3 Å². The van der Waals surface area contributed by atoms with E-state index in [0.29, 0.717) is 26.2 Å². The van der Waals surface area contributed by atoms with Gasteiger partial charge >= 0.3 is 5.97 Å². The van der Waals surface area contributed by atoms with Gasteiger partial charge in [-0.2, -0.15) is 0 Å². The van der Waals surface area contributed by atoms with Crippen molar-refractivity contribution in [3.05, 3.63) is 50.8 Å². The van der Waals surface area contributed by atoms with Crippen molar-refractivity contribution >= 4 is 51.4 Å². The van der Waals surface area contributed by atoms with Crippen LogP contribution in [-0.4, -0.2) is 19.0 Å². The van der Waals surface area contributed by atoms with Crippen LogP contribution in [0.15, 0.2) is 29.6 Å². The van der Waals surface area contributed by atoms with Gasteiger partial charge in [-0.05, 0) is 29.6 Å². The van der Waals surface area contributed by atoms with Crippen LogP contribution < -0.4 is 5.32 Å². The third kappa shape index (κ3) is 3.30. The maximum Gasteiger partial charge on any atom is 0.340 e. The minimum atomic E-state index is -0.509. The van der Waals surface area contributed by atoms with Gasteiger partial charge in [-0.25, -0.2) is 4.79 Å². The van der Waals surface area contributed by atoms with Crippen LogP contribution in [0, 0.1) is 0 Å². The summed E-state index contributed by atoms with van der Waals surface area (Å²) in [5.41, 5.74) is 0.616. The second-order valence-corrected chi connectivity index (χ2v) is 5.56. The van der Waals surface area contributed by atoms with Gasteiger partial charge in [0.2, 0.25) is 0 Å². The third-order valence-corrected chi connectivity index (χ3v) is 3.69. The van der Waals surface area contributed by atoms with E-state index in [4.69, 9.17) is 23.2 Å². The first-order valence-electron chi connectivity index (χ1n) is 5.44. The highest BCUT2D eigenvalue weighted by atomic mass is 35.5. The summed E-state index contributed by atoms with van der Waals surface area (Å²) in [7, 11) is 1.28. The maximum atomic E-state index is 12.1. The van der Waals surface area contributed by atoms with Gasteiger partial charge in [0.1, 0.15) is 5.00 Å². The first-order chi connectivity index (χ1) is 9.51. The lowest BCUT2D eigenvalue weighted by Gasteiger charge is -2.06. The molecule has 1 amide bonds. The number of hydrogen-bond donors (Lipinski definition) is 1. The average Bonchev–Trinajstić information content (AvgIpc) is 2.84.